The number of fused-ring (bicyclic) bond motifs is 1. The van der Waals surface area contributed by atoms with E-state index in [-0.39, 0.29) is 0 Å². The van der Waals surface area contributed by atoms with Crippen molar-refractivity contribution >= 4 is 33.5 Å². The zero-order valence-corrected chi connectivity index (χ0v) is 17.8. The summed E-state index contributed by atoms with van der Waals surface area (Å²) in [5.41, 5.74) is 6.04. The number of rotatable bonds is 7. The van der Waals surface area contributed by atoms with E-state index in [0.29, 0.717) is 16.9 Å². The fraction of sp³-hybridized carbons (Fsp3) is 0.292. The molecule has 0 saturated carbocycles. The van der Waals surface area contributed by atoms with Gasteiger partial charge in [0.15, 0.2) is 9.84 Å². The molecule has 5 heteroatoms. The summed E-state index contributed by atoms with van der Waals surface area (Å²) in [7, 11) is -3.27. The van der Waals surface area contributed by atoms with Gasteiger partial charge in [0.25, 0.3) is 0 Å². The number of aromatic carboxylic acids is 1. The van der Waals surface area contributed by atoms with Crippen LogP contribution in [-0.4, -0.2) is 25.7 Å². The largest absolute Gasteiger partial charge is 0.478 e. The Bertz CT molecular complexity index is 1120. The molecular formula is C24H26O4S. The second kappa shape index (κ2) is 8.37. The summed E-state index contributed by atoms with van der Waals surface area (Å²) in [6.45, 7) is 4.08. The van der Waals surface area contributed by atoms with E-state index < -0.39 is 15.8 Å². The first-order valence-electron chi connectivity index (χ1n) is 9.88. The summed E-state index contributed by atoms with van der Waals surface area (Å²) in [4.78, 5) is 11.9. The molecule has 0 bridgehead atoms. The third-order valence-corrected chi connectivity index (χ3v) is 6.38. The normalized spacial score (nSPS) is 14.7. The zero-order valence-electron chi connectivity index (χ0n) is 17.0. The van der Waals surface area contributed by atoms with Crippen molar-refractivity contribution in [1.29, 1.82) is 0 Å². The predicted octanol–water partition coefficient (Wildman–Crippen LogP) is 5.48. The summed E-state index contributed by atoms with van der Waals surface area (Å²) in [6.07, 6.45) is 8.94. The third-order valence-electron chi connectivity index (χ3n) is 5.27. The van der Waals surface area contributed by atoms with Crippen LogP contribution in [0.4, 0.5) is 0 Å². The van der Waals surface area contributed by atoms with Gasteiger partial charge in [0, 0.05) is 6.26 Å². The first kappa shape index (κ1) is 21.1. The van der Waals surface area contributed by atoms with Gasteiger partial charge >= 0.3 is 5.97 Å². The van der Waals surface area contributed by atoms with E-state index in [1.54, 1.807) is 18.2 Å². The molecule has 3 rings (SSSR count). The number of carbonyl (C=O) groups is 1. The molecule has 0 heterocycles. The molecule has 0 unspecified atom stereocenters. The molecule has 152 valence electrons. The molecule has 4 nitrogen and oxygen atoms in total. The average Bonchev–Trinajstić information content (AvgIpc) is 3.02. The lowest BCUT2D eigenvalue weighted by Crippen LogP contribution is -2.02. The Labute approximate surface area is 172 Å². The van der Waals surface area contributed by atoms with Crippen molar-refractivity contribution in [2.75, 3.05) is 6.26 Å². The van der Waals surface area contributed by atoms with E-state index >= 15 is 0 Å². The zero-order chi connectivity index (χ0) is 21.2. The van der Waals surface area contributed by atoms with Crippen molar-refractivity contribution in [1.82, 2.24) is 0 Å². The molecule has 1 aliphatic rings. The summed E-state index contributed by atoms with van der Waals surface area (Å²) >= 11 is 0. The highest BCUT2D eigenvalue weighted by Crippen LogP contribution is 2.40. The number of allylic oxidation sites excluding steroid dienone is 2. The highest BCUT2D eigenvalue weighted by molar-refractivity contribution is 7.90. The van der Waals surface area contributed by atoms with Gasteiger partial charge in [-0.25, -0.2) is 13.2 Å². The SMILES string of the molecule is CCCCC1=Cc2cc(S(C)(=O)=O)ccc2/C1=C\c1ccc(CC)c(C(=O)O)c1. The molecule has 29 heavy (non-hydrogen) atoms. The van der Waals surface area contributed by atoms with Crippen LogP contribution in [0.2, 0.25) is 0 Å². The minimum atomic E-state index is -3.27. The number of unbranched alkanes of at least 4 members (excludes halogenated alkanes) is 1. The quantitative estimate of drug-likeness (QED) is 0.656. The summed E-state index contributed by atoms with van der Waals surface area (Å²) in [6, 6.07) is 10.7. The lowest BCUT2D eigenvalue weighted by atomic mass is 9.95. The molecule has 0 amide bonds. The highest BCUT2D eigenvalue weighted by atomic mass is 32.2. The van der Waals surface area contributed by atoms with E-state index in [2.05, 4.69) is 13.0 Å². The molecule has 0 saturated heterocycles. The fourth-order valence-electron chi connectivity index (χ4n) is 3.68. The van der Waals surface area contributed by atoms with E-state index in [9.17, 15) is 18.3 Å². The van der Waals surface area contributed by atoms with Gasteiger partial charge in [-0.15, -0.1) is 0 Å². The van der Waals surface area contributed by atoms with Crippen LogP contribution in [0.25, 0.3) is 17.7 Å². The Morgan fingerprint density at radius 2 is 1.86 bits per heavy atom. The first-order chi connectivity index (χ1) is 13.7. The van der Waals surface area contributed by atoms with Gasteiger partial charge in [0.05, 0.1) is 10.5 Å². The molecule has 2 aromatic carbocycles. The molecule has 0 spiro atoms. The maximum Gasteiger partial charge on any atom is 0.335 e. The van der Waals surface area contributed by atoms with Crippen LogP contribution in [0, 0.1) is 0 Å². The Morgan fingerprint density at radius 3 is 2.48 bits per heavy atom. The van der Waals surface area contributed by atoms with E-state index in [4.69, 9.17) is 0 Å². The van der Waals surface area contributed by atoms with Gasteiger partial charge in [-0.2, -0.15) is 0 Å². The highest BCUT2D eigenvalue weighted by Gasteiger charge is 2.21. The van der Waals surface area contributed by atoms with Gasteiger partial charge in [-0.1, -0.05) is 44.5 Å². The molecule has 0 aromatic heterocycles. The van der Waals surface area contributed by atoms with Crippen LogP contribution in [0.3, 0.4) is 0 Å². The smallest absolute Gasteiger partial charge is 0.335 e. The van der Waals surface area contributed by atoms with Gasteiger partial charge in [0.1, 0.15) is 0 Å². The lowest BCUT2D eigenvalue weighted by molar-refractivity contribution is 0.0695. The molecular weight excluding hydrogens is 384 g/mol. The van der Waals surface area contributed by atoms with Crippen LogP contribution in [0.15, 0.2) is 46.9 Å². The van der Waals surface area contributed by atoms with Crippen molar-refractivity contribution in [3.8, 4) is 0 Å². The molecule has 0 atom stereocenters. The van der Waals surface area contributed by atoms with E-state index in [1.165, 1.54) is 6.26 Å². The second-order valence-electron chi connectivity index (χ2n) is 7.43. The lowest BCUT2D eigenvalue weighted by Gasteiger charge is -2.10. The van der Waals surface area contributed by atoms with Gasteiger partial charge < -0.3 is 5.11 Å². The van der Waals surface area contributed by atoms with Gasteiger partial charge in [0.2, 0.25) is 0 Å². The third kappa shape index (κ3) is 4.51. The Balaban J connectivity index is 2.11. The summed E-state index contributed by atoms with van der Waals surface area (Å²) in [5.74, 6) is -0.923. The van der Waals surface area contributed by atoms with Crippen LogP contribution in [0.5, 0.6) is 0 Å². The van der Waals surface area contributed by atoms with Gasteiger partial charge in [-0.3, -0.25) is 0 Å². The molecule has 1 aliphatic carbocycles. The van der Waals surface area contributed by atoms with Crippen molar-refractivity contribution in [3.63, 3.8) is 0 Å². The van der Waals surface area contributed by atoms with Crippen molar-refractivity contribution in [3.05, 3.63) is 69.8 Å². The molecule has 2 aromatic rings. The summed E-state index contributed by atoms with van der Waals surface area (Å²) < 4.78 is 23.9. The maximum atomic E-state index is 11.9. The minimum Gasteiger partial charge on any atom is -0.478 e. The molecule has 0 aliphatic heterocycles. The minimum absolute atomic E-state index is 0.309. The van der Waals surface area contributed by atoms with Crippen LogP contribution in [-0.2, 0) is 16.3 Å². The topological polar surface area (TPSA) is 71.4 Å². The van der Waals surface area contributed by atoms with Crippen molar-refractivity contribution in [2.24, 2.45) is 0 Å². The number of hydrogen-bond donors (Lipinski definition) is 1. The number of sulfone groups is 1. The number of benzene rings is 2. The second-order valence-corrected chi connectivity index (χ2v) is 9.44. The van der Waals surface area contributed by atoms with E-state index in [0.717, 1.165) is 52.7 Å². The number of hydrogen-bond acceptors (Lipinski definition) is 3. The molecule has 0 fully saturated rings. The average molecular weight is 411 g/mol. The number of carboxylic acids is 1. The van der Waals surface area contributed by atoms with Crippen molar-refractivity contribution < 1.29 is 18.3 Å². The monoisotopic (exact) mass is 410 g/mol. The standard InChI is InChI=1S/C24H26O4S/c1-4-6-7-18-14-19-15-20(29(3,27)28)10-11-21(19)22(18)12-16-8-9-17(5-2)23(13-16)24(25)26/h8-15H,4-7H2,1-3H3,(H,25,26)/b22-12-. The number of aryl methyl sites for hydroxylation is 1. The van der Waals surface area contributed by atoms with E-state index in [1.807, 2.05) is 31.2 Å². The van der Waals surface area contributed by atoms with Crippen molar-refractivity contribution in [2.45, 2.75) is 44.4 Å². The van der Waals surface area contributed by atoms with Crippen LogP contribution >= 0.6 is 0 Å². The summed E-state index contributed by atoms with van der Waals surface area (Å²) in [5, 5.41) is 9.53. The number of carboxylic acid groups (broad SMARTS) is 1. The first-order valence-corrected chi connectivity index (χ1v) is 11.8. The fourth-order valence-corrected chi connectivity index (χ4v) is 4.33. The van der Waals surface area contributed by atoms with Gasteiger partial charge in [-0.05, 0) is 76.9 Å². The Kier molecular flexibility index (Phi) is 6.08. The predicted molar refractivity (Wildman–Crippen MR) is 118 cm³/mol. The molecule has 0 radical (unpaired) electrons. The Hall–Kier alpha value is -2.66. The van der Waals surface area contributed by atoms with Crippen LogP contribution < -0.4 is 0 Å². The molecule has 1 N–H and O–H groups in total. The Morgan fingerprint density at radius 1 is 1.10 bits per heavy atom. The maximum absolute atomic E-state index is 11.9. The van der Waals surface area contributed by atoms with Crippen LogP contribution in [0.1, 0.15) is 65.7 Å².